The molecule has 0 bridgehead atoms. The van der Waals surface area contributed by atoms with Crippen LogP contribution in [-0.4, -0.2) is 46.8 Å². The number of esters is 1. The number of hydrogen-bond donors (Lipinski definition) is 0. The van der Waals surface area contributed by atoms with Gasteiger partial charge in [-0.3, -0.25) is 14.3 Å². The van der Waals surface area contributed by atoms with Crippen molar-refractivity contribution >= 4 is 11.9 Å². The molecule has 0 radical (unpaired) electrons. The maximum absolute atomic E-state index is 13.0. The lowest BCUT2D eigenvalue weighted by Gasteiger charge is -2.32. The van der Waals surface area contributed by atoms with Gasteiger partial charge in [-0.15, -0.1) is 0 Å². The molecule has 1 amide bonds. The van der Waals surface area contributed by atoms with Gasteiger partial charge >= 0.3 is 5.97 Å². The molecule has 1 aromatic heterocycles. The molecule has 1 aromatic carbocycles. The fourth-order valence-electron chi connectivity index (χ4n) is 4.52. The van der Waals surface area contributed by atoms with E-state index in [2.05, 4.69) is 11.2 Å². The van der Waals surface area contributed by atoms with Gasteiger partial charge in [0.15, 0.2) is 0 Å². The molecule has 2 aromatic rings. The lowest BCUT2D eigenvalue weighted by Crippen LogP contribution is -2.40. The third kappa shape index (κ3) is 3.43. The van der Waals surface area contributed by atoms with E-state index in [0.717, 1.165) is 41.8 Å². The van der Waals surface area contributed by atoms with Crippen LogP contribution in [0, 0.1) is 25.2 Å². The fourth-order valence-corrected chi connectivity index (χ4v) is 4.52. The molecular weight excluding hydrogens is 354 g/mol. The first-order chi connectivity index (χ1) is 13.4. The Morgan fingerprint density at radius 1 is 1.21 bits per heavy atom. The molecule has 1 unspecified atom stereocenters. The summed E-state index contributed by atoms with van der Waals surface area (Å²) >= 11 is 0. The summed E-state index contributed by atoms with van der Waals surface area (Å²) in [4.78, 5) is 26.7. The fraction of sp³-hybridized carbons (Fsp3) is 0.500. The summed E-state index contributed by atoms with van der Waals surface area (Å²) in [6.07, 6.45) is 2.66. The number of aryl methyl sites for hydroxylation is 2. The highest BCUT2D eigenvalue weighted by atomic mass is 16.5. The maximum atomic E-state index is 13.0. The second kappa shape index (κ2) is 7.08. The van der Waals surface area contributed by atoms with Crippen LogP contribution in [0.4, 0.5) is 0 Å². The lowest BCUT2D eigenvalue weighted by atomic mass is 9.90. The van der Waals surface area contributed by atoms with E-state index < -0.39 is 0 Å². The minimum absolute atomic E-state index is 0.0267. The van der Waals surface area contributed by atoms with Gasteiger partial charge in [0.25, 0.3) is 5.91 Å². The Morgan fingerprint density at radius 2 is 1.96 bits per heavy atom. The van der Waals surface area contributed by atoms with Crippen molar-refractivity contribution in [3.8, 4) is 0 Å². The van der Waals surface area contributed by atoms with E-state index in [1.54, 1.807) is 0 Å². The first-order valence-electron chi connectivity index (χ1n) is 9.89. The van der Waals surface area contributed by atoms with E-state index in [4.69, 9.17) is 4.74 Å². The Bertz CT molecular complexity index is 910. The molecule has 2 aliphatic rings. The molecule has 1 saturated heterocycles. The average Bonchev–Trinajstić information content (AvgIpc) is 3.30. The molecule has 1 aliphatic carbocycles. The Kier molecular flexibility index (Phi) is 4.73. The number of aromatic nitrogens is 2. The summed E-state index contributed by atoms with van der Waals surface area (Å²) in [5, 5.41) is 4.50. The standard InChI is InChI=1S/C22H27N3O3/c1-15-11-16(2)25(23-15)14-17-5-4-6-18(12-17)20(26)24-9-7-22(8-10-24)13-19(22)21(27)28-3/h4-6,11-12,19H,7-10,13-14H2,1-3H3. The molecule has 6 heteroatoms. The number of carbonyl (C=O) groups is 2. The van der Waals surface area contributed by atoms with Crippen molar-refractivity contribution in [2.24, 2.45) is 11.3 Å². The van der Waals surface area contributed by atoms with Gasteiger partial charge < -0.3 is 9.64 Å². The third-order valence-electron chi connectivity index (χ3n) is 6.33. The van der Waals surface area contributed by atoms with Crippen LogP contribution in [0.2, 0.25) is 0 Å². The van der Waals surface area contributed by atoms with E-state index in [0.29, 0.717) is 19.6 Å². The second-order valence-electron chi connectivity index (χ2n) is 8.22. The van der Waals surface area contributed by atoms with Gasteiger partial charge in [-0.2, -0.15) is 5.10 Å². The molecule has 4 rings (SSSR count). The summed E-state index contributed by atoms with van der Waals surface area (Å²) in [6, 6.07) is 9.87. The third-order valence-corrected chi connectivity index (χ3v) is 6.33. The molecule has 2 heterocycles. The van der Waals surface area contributed by atoms with Crippen LogP contribution in [-0.2, 0) is 16.1 Å². The lowest BCUT2D eigenvalue weighted by molar-refractivity contribution is -0.143. The summed E-state index contributed by atoms with van der Waals surface area (Å²) in [7, 11) is 1.45. The normalized spacial score (nSPS) is 20.2. The Balaban J connectivity index is 1.41. The predicted octanol–water partition coefficient (Wildman–Crippen LogP) is 2.96. The van der Waals surface area contributed by atoms with Gasteiger partial charge in [-0.1, -0.05) is 12.1 Å². The molecule has 28 heavy (non-hydrogen) atoms. The Labute approximate surface area is 165 Å². The van der Waals surface area contributed by atoms with Crippen molar-refractivity contribution in [1.82, 2.24) is 14.7 Å². The molecule has 1 saturated carbocycles. The minimum atomic E-state index is -0.100. The van der Waals surface area contributed by atoms with E-state index >= 15 is 0 Å². The van der Waals surface area contributed by atoms with Gasteiger partial charge in [-0.25, -0.2) is 0 Å². The largest absolute Gasteiger partial charge is 0.469 e. The number of piperidine rings is 1. The highest BCUT2D eigenvalue weighted by Crippen LogP contribution is 2.59. The summed E-state index contributed by atoms with van der Waals surface area (Å²) in [5.74, 6) is -0.00388. The molecule has 1 spiro atoms. The van der Waals surface area contributed by atoms with Crippen molar-refractivity contribution in [2.75, 3.05) is 20.2 Å². The SMILES string of the molecule is COC(=O)C1CC12CCN(C(=O)c1cccc(Cn3nc(C)cc3C)c1)CC2. The predicted molar refractivity (Wildman–Crippen MR) is 105 cm³/mol. The quantitative estimate of drug-likeness (QED) is 0.764. The van der Waals surface area contributed by atoms with Gasteiger partial charge in [0.2, 0.25) is 0 Å². The van der Waals surface area contributed by atoms with Crippen molar-refractivity contribution < 1.29 is 14.3 Å². The van der Waals surface area contributed by atoms with Crippen LogP contribution >= 0.6 is 0 Å². The van der Waals surface area contributed by atoms with Crippen LogP contribution in [0.25, 0.3) is 0 Å². The van der Waals surface area contributed by atoms with E-state index in [9.17, 15) is 9.59 Å². The van der Waals surface area contributed by atoms with E-state index in [1.165, 1.54) is 7.11 Å². The first-order valence-corrected chi connectivity index (χ1v) is 9.89. The van der Waals surface area contributed by atoms with Gasteiger partial charge in [0, 0.05) is 24.3 Å². The number of ether oxygens (including phenoxy) is 1. The number of hydrogen-bond acceptors (Lipinski definition) is 4. The van der Waals surface area contributed by atoms with Crippen molar-refractivity contribution in [1.29, 1.82) is 0 Å². The zero-order chi connectivity index (χ0) is 19.9. The van der Waals surface area contributed by atoms with Crippen LogP contribution in [0.1, 0.15) is 46.6 Å². The highest BCUT2D eigenvalue weighted by molar-refractivity contribution is 5.94. The minimum Gasteiger partial charge on any atom is -0.469 e. The zero-order valence-electron chi connectivity index (χ0n) is 16.8. The molecule has 0 N–H and O–H groups in total. The molecule has 148 valence electrons. The summed E-state index contributed by atoms with van der Waals surface area (Å²) < 4.78 is 6.85. The average molecular weight is 381 g/mol. The number of carbonyl (C=O) groups excluding carboxylic acids is 2. The van der Waals surface area contributed by atoms with Gasteiger partial charge in [0.05, 0.1) is 25.3 Å². The summed E-state index contributed by atoms with van der Waals surface area (Å²) in [6.45, 7) is 6.09. The smallest absolute Gasteiger partial charge is 0.309 e. The molecular formula is C22H27N3O3. The monoisotopic (exact) mass is 381 g/mol. The van der Waals surface area contributed by atoms with Crippen LogP contribution in [0.15, 0.2) is 30.3 Å². The van der Waals surface area contributed by atoms with E-state index in [1.807, 2.05) is 47.7 Å². The molecule has 6 nitrogen and oxygen atoms in total. The van der Waals surface area contributed by atoms with Crippen molar-refractivity contribution in [3.63, 3.8) is 0 Å². The van der Waals surface area contributed by atoms with Crippen LogP contribution in [0.3, 0.4) is 0 Å². The number of methoxy groups -OCH3 is 1. The van der Waals surface area contributed by atoms with Crippen molar-refractivity contribution in [2.45, 2.75) is 39.7 Å². The zero-order valence-corrected chi connectivity index (χ0v) is 16.8. The molecule has 1 atom stereocenters. The topological polar surface area (TPSA) is 64.4 Å². The first kappa shape index (κ1) is 18.7. The number of rotatable bonds is 4. The number of likely N-dealkylation sites (tertiary alicyclic amines) is 1. The van der Waals surface area contributed by atoms with Crippen molar-refractivity contribution in [3.05, 3.63) is 52.8 Å². The van der Waals surface area contributed by atoms with E-state index in [-0.39, 0.29) is 23.2 Å². The molecule has 2 fully saturated rings. The van der Waals surface area contributed by atoms with Crippen LogP contribution < -0.4 is 0 Å². The Hall–Kier alpha value is -2.63. The summed E-state index contributed by atoms with van der Waals surface area (Å²) in [5.41, 5.74) is 3.97. The van der Waals surface area contributed by atoms with Gasteiger partial charge in [0.1, 0.15) is 0 Å². The highest BCUT2D eigenvalue weighted by Gasteiger charge is 2.59. The van der Waals surface area contributed by atoms with Gasteiger partial charge in [-0.05, 0) is 62.3 Å². The number of benzene rings is 1. The van der Waals surface area contributed by atoms with Crippen LogP contribution in [0.5, 0.6) is 0 Å². The number of amides is 1. The Morgan fingerprint density at radius 3 is 2.61 bits per heavy atom. The molecule has 1 aliphatic heterocycles. The maximum Gasteiger partial charge on any atom is 0.309 e. The second-order valence-corrected chi connectivity index (χ2v) is 8.22. The number of nitrogens with zero attached hydrogens (tertiary/aromatic N) is 3.